The number of piperidine rings is 1. The standard InChI is InChI=1S/C28H38N6O2/c1-33(2)28(36)25-11-9-22(18-34(25)17-19-6-4-3-5-7-19)30-27(35)21-8-10-24-23(16-21)26(32-31-24)20-12-14-29-15-13-20/h3-7,12-15,21-26,31-32H,8-11,16-18H2,1-2H3,(H,30,35)/t21?,22-,23?,24?,25+,26?/m1/s1. The van der Waals surface area contributed by atoms with Gasteiger partial charge in [-0.15, -0.1) is 0 Å². The van der Waals surface area contributed by atoms with Crippen molar-refractivity contribution in [3.05, 3.63) is 66.0 Å². The Morgan fingerprint density at radius 1 is 1.03 bits per heavy atom. The molecule has 3 N–H and O–H groups in total. The average Bonchev–Trinajstić information content (AvgIpc) is 3.33. The normalized spacial score (nSPS) is 30.4. The van der Waals surface area contributed by atoms with Gasteiger partial charge in [0.1, 0.15) is 0 Å². The molecule has 1 aromatic heterocycles. The summed E-state index contributed by atoms with van der Waals surface area (Å²) in [6.45, 7) is 1.39. The van der Waals surface area contributed by atoms with E-state index in [-0.39, 0.29) is 35.9 Å². The van der Waals surface area contributed by atoms with Gasteiger partial charge in [0.15, 0.2) is 0 Å². The molecule has 6 atom stereocenters. The molecule has 1 aliphatic carbocycles. The van der Waals surface area contributed by atoms with Crippen molar-refractivity contribution in [1.29, 1.82) is 0 Å². The highest BCUT2D eigenvalue weighted by Crippen LogP contribution is 2.40. The van der Waals surface area contributed by atoms with Crippen molar-refractivity contribution in [3.8, 4) is 0 Å². The summed E-state index contributed by atoms with van der Waals surface area (Å²) >= 11 is 0. The molecule has 2 aliphatic heterocycles. The van der Waals surface area contributed by atoms with Gasteiger partial charge in [0.25, 0.3) is 0 Å². The molecule has 8 nitrogen and oxygen atoms in total. The monoisotopic (exact) mass is 490 g/mol. The molecule has 8 heteroatoms. The molecule has 36 heavy (non-hydrogen) atoms. The molecular weight excluding hydrogens is 452 g/mol. The van der Waals surface area contributed by atoms with E-state index in [4.69, 9.17) is 0 Å². The number of amides is 2. The van der Waals surface area contributed by atoms with E-state index in [2.05, 4.69) is 50.3 Å². The zero-order valence-corrected chi connectivity index (χ0v) is 21.3. The number of carbonyl (C=O) groups excluding carboxylic acids is 2. The first-order valence-corrected chi connectivity index (χ1v) is 13.2. The summed E-state index contributed by atoms with van der Waals surface area (Å²) in [5.74, 6) is 0.689. The first kappa shape index (κ1) is 24.9. The quantitative estimate of drug-likeness (QED) is 0.576. The van der Waals surface area contributed by atoms with Gasteiger partial charge in [-0.3, -0.25) is 24.9 Å². The summed E-state index contributed by atoms with van der Waals surface area (Å²) in [6.07, 6.45) is 7.98. The second-order valence-electron chi connectivity index (χ2n) is 10.8. The number of likely N-dealkylation sites (N-methyl/N-ethyl adjacent to an activating group) is 1. The van der Waals surface area contributed by atoms with Crippen LogP contribution >= 0.6 is 0 Å². The molecule has 1 saturated carbocycles. The lowest BCUT2D eigenvalue weighted by Gasteiger charge is -2.41. The van der Waals surface area contributed by atoms with E-state index in [1.165, 1.54) is 11.1 Å². The van der Waals surface area contributed by atoms with Gasteiger partial charge in [-0.2, -0.15) is 0 Å². The Hall–Kier alpha value is -2.81. The lowest BCUT2D eigenvalue weighted by molar-refractivity contribution is -0.136. The number of aromatic nitrogens is 1. The molecule has 0 spiro atoms. The first-order chi connectivity index (χ1) is 17.5. The number of pyridine rings is 1. The number of fused-ring (bicyclic) bond motifs is 1. The van der Waals surface area contributed by atoms with E-state index in [0.717, 1.165) is 32.1 Å². The minimum Gasteiger partial charge on any atom is -0.352 e. The summed E-state index contributed by atoms with van der Waals surface area (Å²) in [5, 5.41) is 3.37. The minimum absolute atomic E-state index is 0.0148. The lowest BCUT2D eigenvalue weighted by Crippen LogP contribution is -2.56. The highest BCUT2D eigenvalue weighted by molar-refractivity contribution is 5.82. The van der Waals surface area contributed by atoms with Gasteiger partial charge in [-0.05, 0) is 61.3 Å². The Balaban J connectivity index is 1.22. The third kappa shape index (κ3) is 5.45. The number of nitrogens with zero attached hydrogens (tertiary/aromatic N) is 3. The predicted molar refractivity (Wildman–Crippen MR) is 138 cm³/mol. The van der Waals surface area contributed by atoms with Gasteiger partial charge >= 0.3 is 0 Å². The van der Waals surface area contributed by atoms with E-state index in [1.54, 1.807) is 4.90 Å². The van der Waals surface area contributed by atoms with E-state index in [9.17, 15) is 9.59 Å². The number of hydrazine groups is 1. The van der Waals surface area contributed by atoms with Crippen molar-refractivity contribution >= 4 is 11.8 Å². The Morgan fingerprint density at radius 3 is 2.56 bits per heavy atom. The lowest BCUT2D eigenvalue weighted by atomic mass is 9.74. The van der Waals surface area contributed by atoms with Crippen molar-refractivity contribution in [2.45, 2.75) is 62.8 Å². The van der Waals surface area contributed by atoms with Crippen LogP contribution in [0.3, 0.4) is 0 Å². The molecule has 4 unspecified atom stereocenters. The molecule has 0 radical (unpaired) electrons. The number of benzene rings is 1. The van der Waals surface area contributed by atoms with Crippen molar-refractivity contribution < 1.29 is 9.59 Å². The zero-order chi connectivity index (χ0) is 25.1. The molecular formula is C28H38N6O2. The number of carbonyl (C=O) groups is 2. The van der Waals surface area contributed by atoms with Crippen LogP contribution in [0.4, 0.5) is 0 Å². The van der Waals surface area contributed by atoms with Gasteiger partial charge in [0, 0.05) is 57.6 Å². The maximum Gasteiger partial charge on any atom is 0.239 e. The number of hydrogen-bond acceptors (Lipinski definition) is 6. The largest absolute Gasteiger partial charge is 0.352 e. The summed E-state index contributed by atoms with van der Waals surface area (Å²) in [4.78, 5) is 34.4. The van der Waals surface area contributed by atoms with Crippen LogP contribution in [0, 0.1) is 11.8 Å². The van der Waals surface area contributed by atoms with Crippen molar-refractivity contribution in [2.24, 2.45) is 11.8 Å². The molecule has 0 bridgehead atoms. The number of rotatable bonds is 6. The van der Waals surface area contributed by atoms with Gasteiger partial charge < -0.3 is 10.2 Å². The van der Waals surface area contributed by atoms with Crippen molar-refractivity contribution in [2.75, 3.05) is 20.6 Å². The van der Waals surface area contributed by atoms with Crippen LogP contribution in [-0.2, 0) is 16.1 Å². The topological polar surface area (TPSA) is 89.6 Å². The molecule has 2 saturated heterocycles. The van der Waals surface area contributed by atoms with Crippen LogP contribution in [0.5, 0.6) is 0 Å². The van der Waals surface area contributed by atoms with E-state index >= 15 is 0 Å². The molecule has 3 fully saturated rings. The summed E-state index contributed by atoms with van der Waals surface area (Å²) in [6, 6.07) is 14.9. The molecule has 5 rings (SSSR count). The molecule has 2 aromatic rings. The smallest absolute Gasteiger partial charge is 0.239 e. The summed E-state index contributed by atoms with van der Waals surface area (Å²) in [7, 11) is 3.64. The van der Waals surface area contributed by atoms with Crippen LogP contribution in [0.2, 0.25) is 0 Å². The van der Waals surface area contributed by atoms with Crippen LogP contribution in [0.25, 0.3) is 0 Å². The highest BCUT2D eigenvalue weighted by Gasteiger charge is 2.43. The maximum atomic E-state index is 13.4. The second-order valence-corrected chi connectivity index (χ2v) is 10.8. The fourth-order valence-corrected chi connectivity index (χ4v) is 6.25. The van der Waals surface area contributed by atoms with Crippen LogP contribution < -0.4 is 16.2 Å². The third-order valence-electron chi connectivity index (χ3n) is 8.17. The molecule has 1 aromatic carbocycles. The second kappa shape index (κ2) is 11.1. The van der Waals surface area contributed by atoms with Crippen LogP contribution in [-0.4, -0.2) is 65.4 Å². The summed E-state index contributed by atoms with van der Waals surface area (Å²) in [5.41, 5.74) is 9.31. The van der Waals surface area contributed by atoms with E-state index in [0.29, 0.717) is 25.0 Å². The summed E-state index contributed by atoms with van der Waals surface area (Å²) < 4.78 is 0. The van der Waals surface area contributed by atoms with E-state index in [1.807, 2.05) is 44.7 Å². The third-order valence-corrected chi connectivity index (χ3v) is 8.17. The van der Waals surface area contributed by atoms with Crippen LogP contribution in [0.15, 0.2) is 54.9 Å². The zero-order valence-electron chi connectivity index (χ0n) is 21.3. The Labute approximate surface area is 213 Å². The number of hydrogen-bond donors (Lipinski definition) is 3. The molecule has 192 valence electrons. The SMILES string of the molecule is CN(C)C(=O)[C@@H]1CC[C@@H](NC(=O)C2CCC3NNC(c4ccncc4)C3C2)CN1Cc1ccccc1. The van der Waals surface area contributed by atoms with Crippen LogP contribution in [0.1, 0.15) is 49.3 Å². The van der Waals surface area contributed by atoms with Crippen molar-refractivity contribution in [3.63, 3.8) is 0 Å². The maximum absolute atomic E-state index is 13.4. The fraction of sp³-hybridized carbons (Fsp3) is 0.536. The van der Waals surface area contributed by atoms with E-state index < -0.39 is 0 Å². The highest BCUT2D eigenvalue weighted by atomic mass is 16.2. The Bertz CT molecular complexity index is 1030. The van der Waals surface area contributed by atoms with Gasteiger partial charge in [0.05, 0.1) is 12.1 Å². The predicted octanol–water partition coefficient (Wildman–Crippen LogP) is 2.25. The first-order valence-electron chi connectivity index (χ1n) is 13.2. The molecule has 3 heterocycles. The van der Waals surface area contributed by atoms with Gasteiger partial charge in [-0.25, -0.2) is 5.43 Å². The molecule has 3 aliphatic rings. The minimum atomic E-state index is -0.152. The Morgan fingerprint density at radius 2 is 1.81 bits per heavy atom. The molecule has 2 amide bonds. The fourth-order valence-electron chi connectivity index (χ4n) is 6.25. The Kier molecular flexibility index (Phi) is 7.65. The number of nitrogens with one attached hydrogen (secondary N) is 3. The van der Waals surface area contributed by atoms with Gasteiger partial charge in [0.2, 0.25) is 11.8 Å². The van der Waals surface area contributed by atoms with Crippen molar-refractivity contribution in [1.82, 2.24) is 31.0 Å². The number of likely N-dealkylation sites (tertiary alicyclic amines) is 1. The van der Waals surface area contributed by atoms with Gasteiger partial charge in [-0.1, -0.05) is 30.3 Å². The average molecular weight is 491 g/mol.